The summed E-state index contributed by atoms with van der Waals surface area (Å²) in [6.07, 6.45) is 3.89. The topological polar surface area (TPSA) is 85.7 Å². The number of benzene rings is 1. The van der Waals surface area contributed by atoms with Gasteiger partial charge in [0.1, 0.15) is 16.9 Å². The lowest BCUT2D eigenvalue weighted by Gasteiger charge is -2.19. The largest absolute Gasteiger partial charge is 0.457 e. The quantitative estimate of drug-likeness (QED) is 0.544. The van der Waals surface area contributed by atoms with Crippen LogP contribution in [-0.2, 0) is 10.3 Å². The number of fused-ring (bicyclic) bond motifs is 1. The van der Waals surface area contributed by atoms with Gasteiger partial charge in [0.25, 0.3) is 0 Å². The lowest BCUT2D eigenvalue weighted by Crippen LogP contribution is -2.21. The van der Waals surface area contributed by atoms with Crippen molar-refractivity contribution >= 4 is 38.9 Å². The van der Waals surface area contributed by atoms with Gasteiger partial charge in [0, 0.05) is 35.3 Å². The van der Waals surface area contributed by atoms with E-state index in [1.807, 2.05) is 20.8 Å². The minimum Gasteiger partial charge on any atom is -0.457 e. The van der Waals surface area contributed by atoms with Crippen molar-refractivity contribution < 1.29 is 19.1 Å². The van der Waals surface area contributed by atoms with Gasteiger partial charge < -0.3 is 20.0 Å². The van der Waals surface area contributed by atoms with Gasteiger partial charge in [-0.25, -0.2) is 0 Å². The van der Waals surface area contributed by atoms with E-state index in [4.69, 9.17) is 10.2 Å². The summed E-state index contributed by atoms with van der Waals surface area (Å²) in [5, 5.41) is 11.3. The van der Waals surface area contributed by atoms with Crippen molar-refractivity contribution in [3.05, 3.63) is 27.9 Å². The van der Waals surface area contributed by atoms with Crippen LogP contribution in [0.25, 0.3) is 11.0 Å². The predicted octanol–water partition coefficient (Wildman–Crippen LogP) is 5.03. The summed E-state index contributed by atoms with van der Waals surface area (Å²) < 4.78 is 11.0. The van der Waals surface area contributed by atoms with Crippen LogP contribution in [-0.4, -0.2) is 25.1 Å². The van der Waals surface area contributed by atoms with Crippen molar-refractivity contribution in [2.45, 2.75) is 52.1 Å². The predicted molar refractivity (Wildman–Crippen MR) is 105 cm³/mol. The number of aldehydes is 1. The van der Waals surface area contributed by atoms with Crippen LogP contribution >= 0.6 is 15.9 Å². The first kappa shape index (κ1) is 21.7. The summed E-state index contributed by atoms with van der Waals surface area (Å²) in [4.78, 5) is 11.4. The average molecular weight is 414 g/mol. The standard InChI is InChI=1S/C14H14BrNO3.C3H8O.C2H6/c15-10-5-8-9(7-17)13(14(18)3-1-2-4-14)19-12(8)6-11(10)16;1-3-4-2;1-2/h5-7,18H,1-4,16H2;3H2,1-2H3;1-2H3. The number of halogens is 1. The third-order valence-corrected chi connectivity index (χ3v) is 4.79. The molecule has 1 aliphatic carbocycles. The molecule has 25 heavy (non-hydrogen) atoms. The van der Waals surface area contributed by atoms with E-state index in [1.165, 1.54) is 0 Å². The Hall–Kier alpha value is -1.37. The molecule has 0 aliphatic heterocycles. The van der Waals surface area contributed by atoms with E-state index in [0.717, 1.165) is 25.7 Å². The first-order valence-electron chi connectivity index (χ1n) is 8.65. The molecule has 6 heteroatoms. The highest BCUT2D eigenvalue weighted by molar-refractivity contribution is 9.10. The zero-order chi connectivity index (χ0) is 19.0. The maximum Gasteiger partial charge on any atom is 0.154 e. The number of nitrogen functional groups attached to an aromatic ring is 1. The molecule has 3 N–H and O–H groups in total. The van der Waals surface area contributed by atoms with Crippen LogP contribution in [0.15, 0.2) is 21.0 Å². The van der Waals surface area contributed by atoms with E-state index in [-0.39, 0.29) is 0 Å². The molecule has 140 valence electrons. The van der Waals surface area contributed by atoms with E-state index in [2.05, 4.69) is 20.7 Å². The zero-order valence-electron chi connectivity index (χ0n) is 15.4. The fourth-order valence-corrected chi connectivity index (χ4v) is 3.14. The minimum absolute atomic E-state index is 0.382. The molecule has 0 bridgehead atoms. The first-order chi connectivity index (χ1) is 12.0. The molecule has 3 rings (SSSR count). The highest BCUT2D eigenvalue weighted by Crippen LogP contribution is 2.43. The van der Waals surface area contributed by atoms with E-state index < -0.39 is 5.60 Å². The lowest BCUT2D eigenvalue weighted by molar-refractivity contribution is 0.0226. The molecule has 1 saturated carbocycles. The Bertz CT molecular complexity index is 688. The number of ether oxygens (including phenoxy) is 1. The van der Waals surface area contributed by atoms with Gasteiger partial charge in [0.2, 0.25) is 0 Å². The van der Waals surface area contributed by atoms with Gasteiger partial charge >= 0.3 is 0 Å². The number of aliphatic hydroxyl groups is 1. The number of hydrogen-bond acceptors (Lipinski definition) is 5. The van der Waals surface area contributed by atoms with E-state index in [9.17, 15) is 9.90 Å². The van der Waals surface area contributed by atoms with Gasteiger partial charge in [-0.2, -0.15) is 0 Å². The van der Waals surface area contributed by atoms with Crippen LogP contribution in [0, 0.1) is 0 Å². The van der Waals surface area contributed by atoms with Crippen LogP contribution in [0.5, 0.6) is 0 Å². The Balaban J connectivity index is 0.000000461. The highest BCUT2D eigenvalue weighted by Gasteiger charge is 2.39. The summed E-state index contributed by atoms with van der Waals surface area (Å²) in [6.45, 7) is 6.78. The second kappa shape index (κ2) is 9.94. The molecule has 1 aromatic heterocycles. The number of carbonyl (C=O) groups excluding carboxylic acids is 1. The molecule has 0 saturated heterocycles. The third kappa shape index (κ3) is 4.84. The summed E-state index contributed by atoms with van der Waals surface area (Å²) in [5.41, 5.74) is 6.31. The van der Waals surface area contributed by atoms with Crippen LogP contribution < -0.4 is 5.73 Å². The summed E-state index contributed by atoms with van der Waals surface area (Å²) in [7, 11) is 1.68. The van der Waals surface area contributed by atoms with Gasteiger partial charge in [0.15, 0.2) is 6.29 Å². The Morgan fingerprint density at radius 2 is 1.92 bits per heavy atom. The number of carbonyl (C=O) groups is 1. The van der Waals surface area contributed by atoms with Gasteiger partial charge in [-0.05, 0) is 54.6 Å². The molecule has 0 unspecified atom stereocenters. The van der Waals surface area contributed by atoms with Crippen LogP contribution in [0.4, 0.5) is 5.69 Å². The number of furan rings is 1. The number of methoxy groups -OCH3 is 1. The van der Waals surface area contributed by atoms with Crippen LogP contribution in [0.3, 0.4) is 0 Å². The van der Waals surface area contributed by atoms with Gasteiger partial charge in [-0.15, -0.1) is 0 Å². The molecule has 1 aliphatic rings. The molecule has 1 heterocycles. The van der Waals surface area contributed by atoms with Gasteiger partial charge in [0.05, 0.1) is 5.56 Å². The first-order valence-corrected chi connectivity index (χ1v) is 9.44. The highest BCUT2D eigenvalue weighted by atomic mass is 79.9. The number of anilines is 1. The molecule has 0 amide bonds. The Morgan fingerprint density at radius 3 is 2.40 bits per heavy atom. The molecule has 0 atom stereocenters. The monoisotopic (exact) mass is 413 g/mol. The van der Waals surface area contributed by atoms with E-state index in [1.54, 1.807) is 19.2 Å². The van der Waals surface area contributed by atoms with Gasteiger partial charge in [-0.3, -0.25) is 4.79 Å². The molecule has 5 nitrogen and oxygen atoms in total. The zero-order valence-corrected chi connectivity index (χ0v) is 17.0. The second-order valence-corrected chi connectivity index (χ2v) is 6.50. The van der Waals surface area contributed by atoms with E-state index in [0.29, 0.717) is 45.3 Å². The molecule has 2 aromatic rings. The van der Waals surface area contributed by atoms with Crippen molar-refractivity contribution in [1.29, 1.82) is 0 Å². The molecular weight excluding hydrogens is 386 g/mol. The fraction of sp³-hybridized carbons (Fsp3) is 0.526. The smallest absolute Gasteiger partial charge is 0.154 e. The maximum atomic E-state index is 11.4. The number of nitrogens with two attached hydrogens (primary N) is 1. The Labute approximate surface area is 157 Å². The van der Waals surface area contributed by atoms with Crippen molar-refractivity contribution in [2.24, 2.45) is 0 Å². The molecule has 0 radical (unpaired) electrons. The summed E-state index contributed by atoms with van der Waals surface area (Å²) in [6, 6.07) is 3.44. The van der Waals surface area contributed by atoms with Gasteiger partial charge in [-0.1, -0.05) is 13.8 Å². The summed E-state index contributed by atoms with van der Waals surface area (Å²) in [5.74, 6) is 0.382. The van der Waals surface area contributed by atoms with Crippen molar-refractivity contribution in [3.63, 3.8) is 0 Å². The molecule has 1 fully saturated rings. The minimum atomic E-state index is -1.02. The van der Waals surface area contributed by atoms with Crippen LogP contribution in [0.2, 0.25) is 0 Å². The van der Waals surface area contributed by atoms with Crippen molar-refractivity contribution in [3.8, 4) is 0 Å². The lowest BCUT2D eigenvalue weighted by atomic mass is 9.95. The number of rotatable bonds is 3. The number of hydrogen-bond donors (Lipinski definition) is 2. The normalized spacial score (nSPS) is 15.1. The Kier molecular flexibility index (Phi) is 8.62. The average Bonchev–Trinajstić information content (AvgIpc) is 3.22. The van der Waals surface area contributed by atoms with E-state index >= 15 is 0 Å². The van der Waals surface area contributed by atoms with Crippen molar-refractivity contribution in [1.82, 2.24) is 0 Å². The SMILES string of the molecule is CC.CCOC.Nc1cc2oc(C3(O)CCCC3)c(C=O)c2cc1Br. The molecule has 1 aromatic carbocycles. The Morgan fingerprint density at radius 1 is 1.36 bits per heavy atom. The second-order valence-electron chi connectivity index (χ2n) is 5.65. The summed E-state index contributed by atoms with van der Waals surface area (Å²) >= 11 is 3.34. The van der Waals surface area contributed by atoms with Crippen LogP contribution in [0.1, 0.15) is 62.6 Å². The maximum absolute atomic E-state index is 11.4. The fourth-order valence-electron chi connectivity index (χ4n) is 2.80. The molecule has 0 spiro atoms. The molecular formula is C19H28BrNO4. The van der Waals surface area contributed by atoms with Crippen molar-refractivity contribution in [2.75, 3.05) is 19.5 Å². The third-order valence-electron chi connectivity index (χ3n) is 4.11.